The Morgan fingerprint density at radius 2 is 1.97 bits per heavy atom. The number of carbonyl (C=O) groups is 2. The summed E-state index contributed by atoms with van der Waals surface area (Å²) in [5.41, 5.74) is 1.15. The number of rotatable bonds is 8. The van der Waals surface area contributed by atoms with Gasteiger partial charge in [-0.2, -0.15) is 0 Å². The number of carbonyl (C=O) groups excluding carboxylic acids is 1. The molecule has 0 bridgehead atoms. The summed E-state index contributed by atoms with van der Waals surface area (Å²) in [6.07, 6.45) is 6.36. The maximum atomic E-state index is 13.3. The molecule has 0 saturated carbocycles. The Kier molecular flexibility index (Phi) is 8.43. The third-order valence-electron chi connectivity index (χ3n) is 5.09. The molecule has 2 aromatic carbocycles. The molecule has 188 valence electrons. The second-order valence-corrected chi connectivity index (χ2v) is 12.8. The lowest BCUT2D eigenvalue weighted by Gasteiger charge is -2.21. The van der Waals surface area contributed by atoms with E-state index in [4.69, 9.17) is 11.6 Å². The molecule has 0 fully saturated rings. The standard InChI is InChI=1S/C22H17ClI2N4O5S2/c23-15-6-3-12(8-16(15)25)9-18(22(31)32)27-21(30)14-5-4-13(24)10-17(14)28-36(33,34)20-2-1-7-29-19(20)11-26-35-29/h1-8,10-11,18,26,28H,9H2,(H,27,30)(H,31,32). The molecule has 9 nitrogen and oxygen atoms in total. The number of amides is 1. The summed E-state index contributed by atoms with van der Waals surface area (Å²) < 4.78 is 35.0. The van der Waals surface area contributed by atoms with Crippen molar-refractivity contribution in [1.82, 2.24) is 14.3 Å². The van der Waals surface area contributed by atoms with Crippen LogP contribution in [0.2, 0.25) is 5.02 Å². The number of halogens is 3. The van der Waals surface area contributed by atoms with E-state index in [9.17, 15) is 23.1 Å². The van der Waals surface area contributed by atoms with Gasteiger partial charge in [-0.3, -0.25) is 13.8 Å². The molecule has 1 unspecified atom stereocenters. The number of benzene rings is 2. The fourth-order valence-corrected chi connectivity index (χ4v) is 6.56. The van der Waals surface area contributed by atoms with Crippen LogP contribution in [0.25, 0.3) is 0 Å². The van der Waals surface area contributed by atoms with Crippen molar-refractivity contribution >= 4 is 96.5 Å². The van der Waals surface area contributed by atoms with Crippen LogP contribution in [0, 0.1) is 7.14 Å². The van der Waals surface area contributed by atoms with Crippen molar-refractivity contribution in [3.8, 4) is 0 Å². The number of carboxylic acids is 1. The van der Waals surface area contributed by atoms with Crippen LogP contribution in [-0.4, -0.2) is 35.7 Å². The minimum Gasteiger partial charge on any atom is -0.480 e. The molecule has 14 heteroatoms. The lowest BCUT2D eigenvalue weighted by molar-refractivity contribution is -0.139. The number of hydrogen-bond acceptors (Lipinski definition) is 7. The predicted molar refractivity (Wildman–Crippen MR) is 156 cm³/mol. The van der Waals surface area contributed by atoms with Crippen molar-refractivity contribution in [2.45, 2.75) is 12.5 Å². The summed E-state index contributed by atoms with van der Waals surface area (Å²) in [6.45, 7) is 0. The Bertz CT molecular complexity index is 1450. The number of nitrogens with zero attached hydrogens (tertiary/aromatic N) is 1. The van der Waals surface area contributed by atoms with Crippen molar-refractivity contribution < 1.29 is 23.1 Å². The Balaban J connectivity index is 1.59. The van der Waals surface area contributed by atoms with E-state index in [1.807, 2.05) is 45.2 Å². The molecule has 2 heterocycles. The number of sulfonamides is 1. The molecule has 2 aliphatic rings. The molecule has 36 heavy (non-hydrogen) atoms. The number of anilines is 1. The molecule has 0 aromatic heterocycles. The van der Waals surface area contributed by atoms with Crippen molar-refractivity contribution in [1.29, 1.82) is 0 Å². The summed E-state index contributed by atoms with van der Waals surface area (Å²) >= 11 is 11.3. The second-order valence-electron chi connectivity index (χ2n) is 7.55. The SMILES string of the molecule is O=C(NC(Cc1ccc(Cl)c(I)c1)C(=O)O)c1ccc(I)cc1NS(=O)(=O)C1=CC=CN2SNC=C12. The summed E-state index contributed by atoms with van der Waals surface area (Å²) in [7, 11) is -4.08. The van der Waals surface area contributed by atoms with Crippen molar-refractivity contribution in [2.75, 3.05) is 4.72 Å². The van der Waals surface area contributed by atoms with Gasteiger partial charge in [0.1, 0.15) is 10.9 Å². The molecule has 2 aliphatic heterocycles. The summed E-state index contributed by atoms with van der Waals surface area (Å²) in [5.74, 6) is -1.95. The van der Waals surface area contributed by atoms with E-state index in [1.54, 1.807) is 47.0 Å². The van der Waals surface area contributed by atoms with Gasteiger partial charge in [0.05, 0.1) is 34.1 Å². The van der Waals surface area contributed by atoms with Gasteiger partial charge in [-0.05, 0) is 93.2 Å². The smallest absolute Gasteiger partial charge is 0.326 e. The van der Waals surface area contributed by atoms with Crippen LogP contribution in [0.15, 0.2) is 71.6 Å². The van der Waals surface area contributed by atoms with Gasteiger partial charge in [-0.1, -0.05) is 17.7 Å². The molecule has 4 rings (SSSR count). The first-order valence-electron chi connectivity index (χ1n) is 10.2. The largest absolute Gasteiger partial charge is 0.480 e. The summed E-state index contributed by atoms with van der Waals surface area (Å²) in [4.78, 5) is 25.1. The van der Waals surface area contributed by atoms with Gasteiger partial charge in [0, 0.05) is 26.0 Å². The van der Waals surface area contributed by atoms with Gasteiger partial charge < -0.3 is 15.1 Å². The Morgan fingerprint density at radius 3 is 2.69 bits per heavy atom. The van der Waals surface area contributed by atoms with E-state index < -0.39 is 27.9 Å². The first-order valence-corrected chi connectivity index (χ1v) is 14.9. The highest BCUT2D eigenvalue weighted by atomic mass is 127. The normalized spacial score (nSPS) is 15.4. The molecule has 0 aliphatic carbocycles. The van der Waals surface area contributed by atoms with E-state index in [2.05, 4.69) is 14.8 Å². The third kappa shape index (κ3) is 6.12. The lowest BCUT2D eigenvalue weighted by Crippen LogP contribution is -2.42. The summed E-state index contributed by atoms with van der Waals surface area (Å²) in [5, 5.41) is 12.8. The van der Waals surface area contributed by atoms with Crippen LogP contribution >= 0.6 is 68.9 Å². The zero-order valence-corrected chi connectivity index (χ0v) is 24.7. The average Bonchev–Trinajstić information content (AvgIpc) is 3.29. The van der Waals surface area contributed by atoms with Crippen LogP contribution in [-0.2, 0) is 21.2 Å². The Labute approximate surface area is 244 Å². The molecule has 0 spiro atoms. The Morgan fingerprint density at radius 1 is 1.19 bits per heavy atom. The molecular formula is C22H17ClI2N4O5S2. The lowest BCUT2D eigenvalue weighted by atomic mass is 10.1. The molecule has 4 N–H and O–H groups in total. The van der Waals surface area contributed by atoms with Gasteiger partial charge in [0.15, 0.2) is 0 Å². The average molecular weight is 771 g/mol. The monoisotopic (exact) mass is 770 g/mol. The fraction of sp³-hybridized carbons (Fsp3) is 0.0909. The number of hydrogen-bond donors (Lipinski definition) is 4. The highest BCUT2D eigenvalue weighted by molar-refractivity contribution is 14.1. The number of nitrogens with one attached hydrogen (secondary N) is 3. The van der Waals surface area contributed by atoms with Crippen molar-refractivity contribution in [3.63, 3.8) is 0 Å². The minimum atomic E-state index is -4.08. The van der Waals surface area contributed by atoms with E-state index in [-0.39, 0.29) is 22.6 Å². The van der Waals surface area contributed by atoms with Crippen molar-refractivity contribution in [3.05, 3.63) is 94.8 Å². The van der Waals surface area contributed by atoms with Crippen LogP contribution in [0.5, 0.6) is 0 Å². The first kappa shape index (κ1) is 27.1. The van der Waals surface area contributed by atoms with Crippen LogP contribution < -0.4 is 14.8 Å². The number of carboxylic acid groups (broad SMARTS) is 1. The Hall–Kier alpha value is -1.95. The number of fused-ring (bicyclic) bond motifs is 1. The van der Waals surface area contributed by atoms with Crippen LogP contribution in [0.4, 0.5) is 5.69 Å². The fourth-order valence-electron chi connectivity index (χ4n) is 3.40. The van der Waals surface area contributed by atoms with Gasteiger partial charge in [-0.15, -0.1) is 0 Å². The predicted octanol–water partition coefficient (Wildman–Crippen LogP) is 4.44. The molecule has 0 saturated heterocycles. The van der Waals surface area contributed by atoms with Gasteiger partial charge >= 0.3 is 5.97 Å². The highest BCUT2D eigenvalue weighted by Crippen LogP contribution is 2.34. The molecular weight excluding hydrogens is 754 g/mol. The van der Waals surface area contributed by atoms with E-state index in [1.165, 1.54) is 30.3 Å². The molecule has 0 radical (unpaired) electrons. The van der Waals surface area contributed by atoms with Crippen molar-refractivity contribution in [2.24, 2.45) is 0 Å². The van der Waals surface area contributed by atoms with Gasteiger partial charge in [0.25, 0.3) is 15.9 Å². The third-order valence-corrected chi connectivity index (χ3v) is 9.46. The molecule has 1 atom stereocenters. The second kappa shape index (κ2) is 11.2. The van der Waals surface area contributed by atoms with E-state index >= 15 is 0 Å². The minimum absolute atomic E-state index is 0.00682. The quantitative estimate of drug-likeness (QED) is 0.230. The molecule has 2 aromatic rings. The number of aliphatic carboxylic acids is 1. The number of allylic oxidation sites excluding steroid dienone is 2. The van der Waals surface area contributed by atoms with E-state index in [0.717, 1.165) is 3.57 Å². The van der Waals surface area contributed by atoms with Gasteiger partial charge in [0.2, 0.25) is 0 Å². The maximum absolute atomic E-state index is 13.3. The van der Waals surface area contributed by atoms with E-state index in [0.29, 0.717) is 19.9 Å². The van der Waals surface area contributed by atoms with Crippen LogP contribution in [0.3, 0.4) is 0 Å². The van der Waals surface area contributed by atoms with Gasteiger partial charge in [-0.25, -0.2) is 13.2 Å². The summed E-state index contributed by atoms with van der Waals surface area (Å²) in [6, 6.07) is 8.45. The zero-order valence-electron chi connectivity index (χ0n) is 18.0. The zero-order chi connectivity index (χ0) is 26.0. The topological polar surface area (TPSA) is 128 Å². The first-order chi connectivity index (χ1) is 17.0. The molecule has 1 amide bonds. The maximum Gasteiger partial charge on any atom is 0.326 e. The highest BCUT2D eigenvalue weighted by Gasteiger charge is 2.31. The van der Waals surface area contributed by atoms with Crippen LogP contribution in [0.1, 0.15) is 15.9 Å².